The summed E-state index contributed by atoms with van der Waals surface area (Å²) in [6.07, 6.45) is 1.27. The van der Waals surface area contributed by atoms with Gasteiger partial charge in [0.15, 0.2) is 17.5 Å². The molecule has 2 aromatic carbocycles. The molecule has 0 amide bonds. The number of aliphatic hydroxyl groups excluding tert-OH is 1. The molecule has 0 fully saturated rings. The summed E-state index contributed by atoms with van der Waals surface area (Å²) in [6, 6.07) is 16.2. The van der Waals surface area contributed by atoms with Crippen molar-refractivity contribution >= 4 is 27.4 Å². The van der Waals surface area contributed by atoms with E-state index >= 15 is 0 Å². The first-order chi connectivity index (χ1) is 14.6. The Morgan fingerprint density at radius 1 is 1.07 bits per heavy atom. The second-order valence-corrected chi connectivity index (χ2v) is 7.99. The van der Waals surface area contributed by atoms with Gasteiger partial charge in [0.05, 0.1) is 14.2 Å². The van der Waals surface area contributed by atoms with E-state index < -0.39 is 6.10 Å². The van der Waals surface area contributed by atoms with Gasteiger partial charge < -0.3 is 25.2 Å². The van der Waals surface area contributed by atoms with Crippen LogP contribution in [0, 0.1) is 0 Å². The summed E-state index contributed by atoms with van der Waals surface area (Å²) in [7, 11) is 5.01. The van der Waals surface area contributed by atoms with Crippen molar-refractivity contribution < 1.29 is 14.6 Å². The fourth-order valence-electron chi connectivity index (χ4n) is 3.22. The smallest absolute Gasteiger partial charge is 0.191 e. The molecular formula is C23H29N3O3S. The fourth-order valence-corrected chi connectivity index (χ4v) is 4.27. The number of ether oxygens (including phenoxy) is 2. The Hall–Kier alpha value is -2.77. The van der Waals surface area contributed by atoms with Crippen LogP contribution in [0.5, 0.6) is 11.5 Å². The molecule has 0 aliphatic rings. The fraction of sp³-hybridized carbons (Fsp3) is 0.348. The molecule has 6 nitrogen and oxygen atoms in total. The minimum Gasteiger partial charge on any atom is -0.493 e. The second-order valence-electron chi connectivity index (χ2n) is 6.88. The van der Waals surface area contributed by atoms with Gasteiger partial charge in [0.1, 0.15) is 6.10 Å². The van der Waals surface area contributed by atoms with Crippen molar-refractivity contribution in [1.82, 2.24) is 10.6 Å². The lowest BCUT2D eigenvalue weighted by molar-refractivity contribution is 0.184. The highest BCUT2D eigenvalue weighted by Crippen LogP contribution is 2.29. The van der Waals surface area contributed by atoms with Crippen LogP contribution in [0.25, 0.3) is 10.1 Å². The summed E-state index contributed by atoms with van der Waals surface area (Å²) in [4.78, 5) is 5.19. The van der Waals surface area contributed by atoms with Crippen LogP contribution in [0.4, 0.5) is 0 Å². The van der Waals surface area contributed by atoms with E-state index in [2.05, 4.69) is 33.8 Å². The van der Waals surface area contributed by atoms with Crippen molar-refractivity contribution in [3.63, 3.8) is 0 Å². The zero-order valence-electron chi connectivity index (χ0n) is 17.6. The predicted octanol–water partition coefficient (Wildman–Crippen LogP) is 3.75. The van der Waals surface area contributed by atoms with Crippen LogP contribution in [0.2, 0.25) is 0 Å². The van der Waals surface area contributed by atoms with Crippen LogP contribution >= 0.6 is 11.3 Å². The maximum Gasteiger partial charge on any atom is 0.191 e. The molecule has 3 rings (SSSR count). The predicted molar refractivity (Wildman–Crippen MR) is 124 cm³/mol. The first-order valence-electron chi connectivity index (χ1n) is 9.96. The van der Waals surface area contributed by atoms with Crippen LogP contribution in [0.15, 0.2) is 53.5 Å². The number of aliphatic imine (C=N–C) groups is 1. The summed E-state index contributed by atoms with van der Waals surface area (Å²) < 4.78 is 11.8. The van der Waals surface area contributed by atoms with E-state index in [1.54, 1.807) is 32.6 Å². The molecule has 30 heavy (non-hydrogen) atoms. The van der Waals surface area contributed by atoms with Gasteiger partial charge in [0, 0.05) is 29.7 Å². The molecule has 0 spiro atoms. The highest BCUT2D eigenvalue weighted by molar-refractivity contribution is 7.19. The summed E-state index contributed by atoms with van der Waals surface area (Å²) in [5.41, 5.74) is 1.19. The number of thiophene rings is 1. The molecule has 0 saturated carbocycles. The second kappa shape index (κ2) is 10.8. The number of methoxy groups -OCH3 is 2. The monoisotopic (exact) mass is 427 g/mol. The quantitative estimate of drug-likeness (QED) is 0.276. The van der Waals surface area contributed by atoms with Crippen molar-refractivity contribution in [2.45, 2.75) is 18.9 Å². The van der Waals surface area contributed by atoms with Gasteiger partial charge in [-0.15, -0.1) is 11.3 Å². The minimum atomic E-state index is -0.576. The van der Waals surface area contributed by atoms with E-state index in [-0.39, 0.29) is 0 Å². The average Bonchev–Trinajstić information content (AvgIpc) is 3.22. The average molecular weight is 428 g/mol. The highest BCUT2D eigenvalue weighted by atomic mass is 32.1. The maximum absolute atomic E-state index is 10.5. The van der Waals surface area contributed by atoms with E-state index in [4.69, 9.17) is 9.47 Å². The highest BCUT2D eigenvalue weighted by Gasteiger charge is 2.12. The van der Waals surface area contributed by atoms with Crippen molar-refractivity contribution in [3.05, 3.63) is 59.0 Å². The Balaban J connectivity index is 1.43. The van der Waals surface area contributed by atoms with Crippen molar-refractivity contribution in [2.24, 2.45) is 4.99 Å². The van der Waals surface area contributed by atoms with Crippen LogP contribution in [-0.2, 0) is 6.42 Å². The summed E-state index contributed by atoms with van der Waals surface area (Å²) in [5, 5.41) is 18.2. The molecule has 3 N–H and O–H groups in total. The van der Waals surface area contributed by atoms with Gasteiger partial charge >= 0.3 is 0 Å². The topological polar surface area (TPSA) is 75.1 Å². The lowest BCUT2D eigenvalue weighted by Gasteiger charge is -2.15. The van der Waals surface area contributed by atoms with Gasteiger partial charge in [-0.25, -0.2) is 0 Å². The van der Waals surface area contributed by atoms with Crippen molar-refractivity contribution in [2.75, 3.05) is 34.4 Å². The van der Waals surface area contributed by atoms with Crippen LogP contribution < -0.4 is 20.1 Å². The van der Waals surface area contributed by atoms with Gasteiger partial charge in [-0.2, -0.15) is 0 Å². The first kappa shape index (κ1) is 21.9. The number of nitrogens with zero attached hydrogens (tertiary/aromatic N) is 1. The first-order valence-corrected chi connectivity index (χ1v) is 10.8. The summed E-state index contributed by atoms with van der Waals surface area (Å²) >= 11 is 1.62. The number of aliphatic hydroxyl groups is 1. The van der Waals surface area contributed by atoms with Crippen molar-refractivity contribution in [3.8, 4) is 11.5 Å². The molecular weight excluding hydrogens is 398 g/mol. The standard InChI is InChI=1S/C23H29N3O3S/c1-24-23(25-12-6-7-16-10-11-19(28-2)20(13-16)29-3)26-15-18(27)22-14-17-8-4-5-9-21(17)30-22/h4-5,8-11,13-14,18,27H,6-7,12,15H2,1-3H3,(H2,24,25,26). The number of benzene rings is 2. The molecule has 0 bridgehead atoms. The van der Waals surface area contributed by atoms with Gasteiger partial charge in [0.25, 0.3) is 0 Å². The van der Waals surface area contributed by atoms with Crippen LogP contribution in [0.3, 0.4) is 0 Å². The molecule has 0 aliphatic heterocycles. The number of hydrogen-bond donors (Lipinski definition) is 3. The molecule has 3 aromatic rings. The van der Waals surface area contributed by atoms with Gasteiger partial charge in [0.2, 0.25) is 0 Å². The third-order valence-corrected chi connectivity index (χ3v) is 6.06. The van der Waals surface area contributed by atoms with E-state index in [0.717, 1.165) is 41.1 Å². The van der Waals surface area contributed by atoms with Gasteiger partial charge in [-0.1, -0.05) is 24.3 Å². The maximum atomic E-state index is 10.5. The normalized spacial score (nSPS) is 12.6. The zero-order valence-corrected chi connectivity index (χ0v) is 18.5. The van der Waals surface area contributed by atoms with Crippen molar-refractivity contribution in [1.29, 1.82) is 0 Å². The Morgan fingerprint density at radius 2 is 1.87 bits per heavy atom. The number of aryl methyl sites for hydroxylation is 1. The number of nitrogens with one attached hydrogen (secondary N) is 2. The number of rotatable bonds is 9. The lowest BCUT2D eigenvalue weighted by Crippen LogP contribution is -2.39. The Bertz CT molecular complexity index is 954. The third kappa shape index (κ3) is 5.64. The Morgan fingerprint density at radius 3 is 2.60 bits per heavy atom. The zero-order chi connectivity index (χ0) is 21.3. The third-order valence-electron chi connectivity index (χ3n) is 4.84. The van der Waals surface area contributed by atoms with Crippen LogP contribution in [-0.4, -0.2) is 45.4 Å². The molecule has 1 aromatic heterocycles. The summed E-state index contributed by atoms with van der Waals surface area (Å²) in [5.74, 6) is 2.17. The Labute approximate surface area is 181 Å². The SMILES string of the molecule is CN=C(NCCCc1ccc(OC)c(OC)c1)NCC(O)c1cc2ccccc2s1. The summed E-state index contributed by atoms with van der Waals surface area (Å²) in [6.45, 7) is 1.18. The molecule has 0 aliphatic carbocycles. The lowest BCUT2D eigenvalue weighted by atomic mass is 10.1. The Kier molecular flexibility index (Phi) is 7.93. The van der Waals surface area contributed by atoms with E-state index in [0.29, 0.717) is 12.5 Å². The number of fused-ring (bicyclic) bond motifs is 1. The van der Waals surface area contributed by atoms with Crippen LogP contribution in [0.1, 0.15) is 23.0 Å². The number of guanidine groups is 1. The van der Waals surface area contributed by atoms with Gasteiger partial charge in [-0.3, -0.25) is 4.99 Å². The largest absolute Gasteiger partial charge is 0.493 e. The molecule has 1 heterocycles. The molecule has 0 radical (unpaired) electrons. The number of hydrogen-bond acceptors (Lipinski definition) is 5. The molecule has 1 unspecified atom stereocenters. The molecule has 0 saturated heterocycles. The van der Waals surface area contributed by atoms with E-state index in [1.807, 2.05) is 30.3 Å². The molecule has 160 valence electrons. The minimum absolute atomic E-state index is 0.405. The van der Waals surface area contributed by atoms with E-state index in [1.165, 1.54) is 10.3 Å². The van der Waals surface area contributed by atoms with E-state index in [9.17, 15) is 5.11 Å². The molecule has 7 heteroatoms. The van der Waals surface area contributed by atoms with Gasteiger partial charge in [-0.05, 0) is 48.1 Å². The molecule has 1 atom stereocenters.